The summed E-state index contributed by atoms with van der Waals surface area (Å²) in [6.45, 7) is 1.67. The van der Waals surface area contributed by atoms with Crippen LogP contribution in [0.15, 0.2) is 22.7 Å². The summed E-state index contributed by atoms with van der Waals surface area (Å²) in [6, 6.07) is 7.21. The number of rotatable bonds is 1. The molecule has 2 nitrogen and oxygen atoms in total. The van der Waals surface area contributed by atoms with Crippen LogP contribution < -0.4 is 0 Å². The second kappa shape index (κ2) is 3.70. The van der Waals surface area contributed by atoms with Crippen LogP contribution >= 0.6 is 15.9 Å². The summed E-state index contributed by atoms with van der Waals surface area (Å²) in [5, 5.41) is 17.9. The first kappa shape index (κ1) is 9.24. The molecule has 0 bridgehead atoms. The molecule has 0 aliphatic heterocycles. The first-order chi connectivity index (χ1) is 5.63. The van der Waals surface area contributed by atoms with Crippen molar-refractivity contribution in [2.24, 2.45) is 0 Å². The fourth-order valence-electron chi connectivity index (χ4n) is 0.918. The Labute approximate surface area is 79.6 Å². The summed E-state index contributed by atoms with van der Waals surface area (Å²) in [4.78, 5) is 0. The van der Waals surface area contributed by atoms with Gasteiger partial charge in [0.25, 0.3) is 0 Å². The lowest BCUT2D eigenvalue weighted by molar-refractivity contribution is 0.199. The molecule has 1 unspecified atom stereocenters. The molecule has 0 aliphatic carbocycles. The normalized spacial score (nSPS) is 12.2. The monoisotopic (exact) mass is 225 g/mol. The van der Waals surface area contributed by atoms with E-state index in [2.05, 4.69) is 15.9 Å². The zero-order chi connectivity index (χ0) is 9.14. The fraction of sp³-hybridized carbons (Fsp3) is 0.222. The van der Waals surface area contributed by atoms with Gasteiger partial charge in [-0.15, -0.1) is 0 Å². The van der Waals surface area contributed by atoms with E-state index in [0.717, 1.165) is 10.0 Å². The third-order valence-electron chi connectivity index (χ3n) is 1.53. The number of benzene rings is 1. The molecule has 0 fully saturated rings. The summed E-state index contributed by atoms with van der Waals surface area (Å²) < 4.78 is 0.817. The molecule has 0 radical (unpaired) electrons. The molecule has 12 heavy (non-hydrogen) atoms. The van der Waals surface area contributed by atoms with Gasteiger partial charge in [0.15, 0.2) is 0 Å². The Hall–Kier alpha value is -0.850. The van der Waals surface area contributed by atoms with Gasteiger partial charge < -0.3 is 5.11 Å². The molecule has 0 heterocycles. The Bertz CT molecular complexity index is 328. The number of aliphatic hydroxyl groups excluding tert-OH is 1. The van der Waals surface area contributed by atoms with Crippen molar-refractivity contribution in [1.29, 1.82) is 5.26 Å². The third-order valence-corrected chi connectivity index (χ3v) is 1.99. The van der Waals surface area contributed by atoms with E-state index < -0.39 is 6.10 Å². The van der Waals surface area contributed by atoms with Crippen LogP contribution in [0.2, 0.25) is 0 Å². The van der Waals surface area contributed by atoms with Crippen molar-refractivity contribution in [1.82, 2.24) is 0 Å². The van der Waals surface area contributed by atoms with Crippen LogP contribution in [0.25, 0.3) is 0 Å². The average molecular weight is 226 g/mol. The summed E-state index contributed by atoms with van der Waals surface area (Å²) in [7, 11) is 0. The molecule has 1 rings (SSSR count). The fourth-order valence-corrected chi connectivity index (χ4v) is 1.43. The van der Waals surface area contributed by atoms with Crippen LogP contribution in [-0.2, 0) is 0 Å². The quantitative estimate of drug-likeness (QED) is 0.798. The number of nitrogens with zero attached hydrogens (tertiary/aromatic N) is 1. The van der Waals surface area contributed by atoms with Crippen molar-refractivity contribution < 1.29 is 5.11 Å². The zero-order valence-corrected chi connectivity index (χ0v) is 8.17. The SMILES string of the molecule is CC(O)c1cc(Br)cc(C#N)c1. The van der Waals surface area contributed by atoms with Gasteiger partial charge in [-0.1, -0.05) is 15.9 Å². The molecule has 62 valence electrons. The highest BCUT2D eigenvalue weighted by atomic mass is 79.9. The van der Waals surface area contributed by atoms with Crippen molar-refractivity contribution in [3.63, 3.8) is 0 Å². The van der Waals surface area contributed by atoms with Gasteiger partial charge in [-0.2, -0.15) is 5.26 Å². The highest BCUT2D eigenvalue weighted by Gasteiger charge is 2.03. The predicted molar refractivity (Wildman–Crippen MR) is 49.5 cm³/mol. The number of nitriles is 1. The zero-order valence-electron chi connectivity index (χ0n) is 6.58. The van der Waals surface area contributed by atoms with Gasteiger partial charge in [-0.05, 0) is 30.7 Å². The lowest BCUT2D eigenvalue weighted by Gasteiger charge is -2.04. The average Bonchev–Trinajstić information content (AvgIpc) is 2.03. The second-order valence-electron chi connectivity index (χ2n) is 2.56. The number of hydrogen-bond donors (Lipinski definition) is 1. The number of aliphatic hydroxyl groups is 1. The summed E-state index contributed by atoms with van der Waals surface area (Å²) in [5.41, 5.74) is 1.31. The molecule has 1 aromatic carbocycles. The maximum Gasteiger partial charge on any atom is 0.0992 e. The van der Waals surface area contributed by atoms with Crippen LogP contribution in [0.3, 0.4) is 0 Å². The minimum absolute atomic E-state index is 0.533. The summed E-state index contributed by atoms with van der Waals surface area (Å²) in [5.74, 6) is 0. The maximum absolute atomic E-state index is 9.24. The molecule has 0 saturated heterocycles. The van der Waals surface area contributed by atoms with Gasteiger partial charge in [0, 0.05) is 4.47 Å². The van der Waals surface area contributed by atoms with Crippen LogP contribution in [-0.4, -0.2) is 5.11 Å². The van der Waals surface area contributed by atoms with Crippen LogP contribution in [0.4, 0.5) is 0 Å². The summed E-state index contributed by atoms with van der Waals surface area (Å²) >= 11 is 3.26. The van der Waals surface area contributed by atoms with Crippen LogP contribution in [0, 0.1) is 11.3 Å². The van der Waals surface area contributed by atoms with Gasteiger partial charge in [-0.3, -0.25) is 0 Å². The molecule has 0 amide bonds. The first-order valence-corrected chi connectivity index (χ1v) is 4.31. The van der Waals surface area contributed by atoms with E-state index in [0.29, 0.717) is 5.56 Å². The van der Waals surface area contributed by atoms with E-state index in [-0.39, 0.29) is 0 Å². The largest absolute Gasteiger partial charge is 0.389 e. The Morgan fingerprint density at radius 2 is 2.17 bits per heavy atom. The van der Waals surface area contributed by atoms with E-state index in [1.807, 2.05) is 6.07 Å². The van der Waals surface area contributed by atoms with E-state index in [1.54, 1.807) is 25.1 Å². The molecule has 1 aromatic rings. The van der Waals surface area contributed by atoms with Gasteiger partial charge in [-0.25, -0.2) is 0 Å². The van der Waals surface area contributed by atoms with Crippen molar-refractivity contribution in [3.05, 3.63) is 33.8 Å². The van der Waals surface area contributed by atoms with Crippen LogP contribution in [0.1, 0.15) is 24.2 Å². The lowest BCUT2D eigenvalue weighted by Crippen LogP contribution is -1.91. The van der Waals surface area contributed by atoms with E-state index in [4.69, 9.17) is 5.26 Å². The molecule has 0 aromatic heterocycles. The molecule has 0 aliphatic rings. The van der Waals surface area contributed by atoms with Gasteiger partial charge in [0.05, 0.1) is 17.7 Å². The Kier molecular flexibility index (Phi) is 2.85. The van der Waals surface area contributed by atoms with E-state index in [9.17, 15) is 5.11 Å². The number of halogens is 1. The minimum atomic E-state index is -0.533. The molecule has 1 atom stereocenters. The Morgan fingerprint density at radius 3 is 2.67 bits per heavy atom. The van der Waals surface area contributed by atoms with Gasteiger partial charge >= 0.3 is 0 Å². The third kappa shape index (κ3) is 2.07. The topological polar surface area (TPSA) is 44.0 Å². The molecule has 3 heteroatoms. The van der Waals surface area contributed by atoms with Gasteiger partial charge in [0.1, 0.15) is 0 Å². The smallest absolute Gasteiger partial charge is 0.0992 e. The second-order valence-corrected chi connectivity index (χ2v) is 3.48. The van der Waals surface area contributed by atoms with Crippen molar-refractivity contribution in [3.8, 4) is 6.07 Å². The Balaban J connectivity index is 3.17. The first-order valence-electron chi connectivity index (χ1n) is 3.52. The molecular weight excluding hydrogens is 218 g/mol. The highest BCUT2D eigenvalue weighted by Crippen LogP contribution is 2.20. The van der Waals surface area contributed by atoms with Crippen LogP contribution in [0.5, 0.6) is 0 Å². The number of hydrogen-bond acceptors (Lipinski definition) is 2. The van der Waals surface area contributed by atoms with E-state index >= 15 is 0 Å². The van der Waals surface area contributed by atoms with Crippen molar-refractivity contribution >= 4 is 15.9 Å². The highest BCUT2D eigenvalue weighted by molar-refractivity contribution is 9.10. The minimum Gasteiger partial charge on any atom is -0.389 e. The standard InChI is InChI=1S/C9H8BrNO/c1-6(12)8-2-7(5-11)3-9(10)4-8/h2-4,6,12H,1H3. The summed E-state index contributed by atoms with van der Waals surface area (Å²) in [6.07, 6.45) is -0.533. The predicted octanol–water partition coefficient (Wildman–Crippen LogP) is 2.37. The molecule has 0 saturated carbocycles. The molecular formula is C9H8BrNO. The van der Waals surface area contributed by atoms with Gasteiger partial charge in [0.2, 0.25) is 0 Å². The Morgan fingerprint density at radius 1 is 1.50 bits per heavy atom. The van der Waals surface area contributed by atoms with Crippen molar-refractivity contribution in [2.75, 3.05) is 0 Å². The van der Waals surface area contributed by atoms with E-state index in [1.165, 1.54) is 0 Å². The molecule has 0 spiro atoms. The van der Waals surface area contributed by atoms with Crippen molar-refractivity contribution in [2.45, 2.75) is 13.0 Å². The lowest BCUT2D eigenvalue weighted by atomic mass is 10.1. The molecule has 1 N–H and O–H groups in total. The maximum atomic E-state index is 9.24.